The van der Waals surface area contributed by atoms with Crippen LogP contribution in [0.5, 0.6) is 0 Å². The number of hydrogen-bond donors (Lipinski definition) is 1. The minimum atomic E-state index is -0.160. The van der Waals surface area contributed by atoms with Crippen LogP contribution in [-0.4, -0.2) is 9.55 Å². The molecule has 0 unspecified atom stereocenters. The number of aryl methyl sites for hydroxylation is 2. The summed E-state index contributed by atoms with van der Waals surface area (Å²) in [4.78, 5) is 18.9. The van der Waals surface area contributed by atoms with Gasteiger partial charge < -0.3 is 4.98 Å². The second-order valence-electron chi connectivity index (χ2n) is 5.92. The predicted molar refractivity (Wildman–Crippen MR) is 92.1 cm³/mol. The van der Waals surface area contributed by atoms with E-state index in [9.17, 15) is 4.79 Å². The smallest absolute Gasteiger partial charge is 0.263 e. The van der Waals surface area contributed by atoms with Crippen molar-refractivity contribution in [3.63, 3.8) is 0 Å². The molecule has 0 saturated carbocycles. The maximum atomic E-state index is 13.2. The predicted octanol–water partition coefficient (Wildman–Crippen LogP) is 4.53. The Labute approximate surface area is 134 Å². The van der Waals surface area contributed by atoms with Crippen molar-refractivity contribution in [2.75, 3.05) is 0 Å². The van der Waals surface area contributed by atoms with E-state index in [0.29, 0.717) is 4.77 Å². The number of aromatic amines is 1. The second kappa shape index (κ2) is 5.36. The van der Waals surface area contributed by atoms with Crippen molar-refractivity contribution in [1.82, 2.24) is 9.55 Å². The van der Waals surface area contributed by atoms with Crippen LogP contribution in [0.15, 0.2) is 4.79 Å². The van der Waals surface area contributed by atoms with Crippen LogP contribution in [0, 0.1) is 4.77 Å². The first-order valence-electron chi connectivity index (χ1n) is 7.88. The SMILES string of the molecule is CCC(CC)(CC)n1c(=S)[nH]c2sc3c(c2c1=O)CCC3. The van der Waals surface area contributed by atoms with Crippen molar-refractivity contribution in [2.45, 2.75) is 64.8 Å². The molecule has 0 spiro atoms. The van der Waals surface area contributed by atoms with Gasteiger partial charge in [0.15, 0.2) is 4.77 Å². The lowest BCUT2D eigenvalue weighted by Gasteiger charge is -2.33. The maximum absolute atomic E-state index is 13.2. The first-order chi connectivity index (χ1) is 10.1. The van der Waals surface area contributed by atoms with Gasteiger partial charge in [0.05, 0.1) is 5.39 Å². The number of thiophene rings is 1. The van der Waals surface area contributed by atoms with E-state index in [4.69, 9.17) is 12.2 Å². The fourth-order valence-electron chi connectivity index (χ4n) is 3.73. The third kappa shape index (κ3) is 2.05. The topological polar surface area (TPSA) is 37.8 Å². The average molecular weight is 322 g/mol. The molecule has 2 aromatic heterocycles. The molecule has 0 bridgehead atoms. The van der Waals surface area contributed by atoms with Crippen LogP contribution in [0.25, 0.3) is 10.2 Å². The number of H-pyrrole nitrogens is 1. The highest BCUT2D eigenvalue weighted by Gasteiger charge is 2.31. The Hall–Kier alpha value is -0.940. The molecule has 21 heavy (non-hydrogen) atoms. The molecule has 1 N–H and O–H groups in total. The summed E-state index contributed by atoms with van der Waals surface area (Å²) in [6.07, 6.45) is 6.09. The first kappa shape index (κ1) is 15.0. The van der Waals surface area contributed by atoms with Gasteiger partial charge in [-0.3, -0.25) is 9.36 Å². The normalized spacial score (nSPS) is 14.8. The van der Waals surface area contributed by atoms with E-state index in [2.05, 4.69) is 25.8 Å². The van der Waals surface area contributed by atoms with Gasteiger partial charge >= 0.3 is 0 Å². The van der Waals surface area contributed by atoms with Gasteiger partial charge in [0.1, 0.15) is 4.83 Å². The largest absolute Gasteiger partial charge is 0.323 e. The first-order valence-corrected chi connectivity index (χ1v) is 9.10. The van der Waals surface area contributed by atoms with E-state index < -0.39 is 0 Å². The van der Waals surface area contributed by atoms with E-state index in [1.54, 1.807) is 11.3 Å². The van der Waals surface area contributed by atoms with Crippen LogP contribution in [0.3, 0.4) is 0 Å². The summed E-state index contributed by atoms with van der Waals surface area (Å²) >= 11 is 7.26. The molecule has 2 aromatic rings. The van der Waals surface area contributed by atoms with Gasteiger partial charge in [0.2, 0.25) is 0 Å². The van der Waals surface area contributed by atoms with Crippen molar-refractivity contribution in [1.29, 1.82) is 0 Å². The van der Waals surface area contributed by atoms with Gasteiger partial charge in [-0.05, 0) is 56.3 Å². The average Bonchev–Trinajstić information content (AvgIpc) is 3.03. The Morgan fingerprint density at radius 1 is 1.24 bits per heavy atom. The number of nitrogens with zero attached hydrogens (tertiary/aromatic N) is 1. The van der Waals surface area contributed by atoms with E-state index in [1.165, 1.54) is 16.9 Å². The zero-order chi connectivity index (χ0) is 15.2. The standard InChI is InChI=1S/C16H22N2OS2/c1-4-16(5-2,6-3)18-14(19)12-10-8-7-9-11(10)21-13(12)17-15(18)20/h4-9H2,1-3H3,(H,17,20). The summed E-state index contributed by atoms with van der Waals surface area (Å²) in [5.41, 5.74) is 1.24. The highest BCUT2D eigenvalue weighted by atomic mass is 32.1. The molecular formula is C16H22N2OS2. The molecule has 0 radical (unpaired) electrons. The van der Waals surface area contributed by atoms with Gasteiger partial charge in [0.25, 0.3) is 5.56 Å². The molecule has 0 aromatic carbocycles. The number of hydrogen-bond acceptors (Lipinski definition) is 3. The molecular weight excluding hydrogens is 300 g/mol. The minimum absolute atomic E-state index is 0.124. The Balaban J connectivity index is 2.39. The van der Waals surface area contributed by atoms with Gasteiger partial charge in [-0.15, -0.1) is 11.3 Å². The monoisotopic (exact) mass is 322 g/mol. The van der Waals surface area contributed by atoms with Crippen molar-refractivity contribution >= 4 is 33.8 Å². The van der Waals surface area contributed by atoms with E-state index >= 15 is 0 Å². The third-order valence-electron chi connectivity index (χ3n) is 5.21. The molecule has 1 aliphatic rings. The lowest BCUT2D eigenvalue weighted by atomic mass is 9.89. The fourth-order valence-corrected chi connectivity index (χ4v) is 5.45. The molecule has 0 aliphatic heterocycles. The number of nitrogens with one attached hydrogen (secondary N) is 1. The summed E-state index contributed by atoms with van der Waals surface area (Å²) in [6.45, 7) is 6.45. The van der Waals surface area contributed by atoms with Crippen LogP contribution in [0.4, 0.5) is 0 Å². The number of aromatic nitrogens is 2. The van der Waals surface area contributed by atoms with Crippen LogP contribution < -0.4 is 5.56 Å². The zero-order valence-electron chi connectivity index (χ0n) is 12.9. The molecule has 0 atom stereocenters. The molecule has 114 valence electrons. The lowest BCUT2D eigenvalue weighted by Crippen LogP contribution is -2.41. The van der Waals surface area contributed by atoms with Crippen LogP contribution in [0.2, 0.25) is 0 Å². The molecule has 3 nitrogen and oxygen atoms in total. The highest BCUT2D eigenvalue weighted by molar-refractivity contribution is 7.71. The van der Waals surface area contributed by atoms with Gasteiger partial charge in [-0.1, -0.05) is 20.8 Å². The number of rotatable bonds is 4. The molecule has 3 rings (SSSR count). The molecule has 0 amide bonds. The van der Waals surface area contributed by atoms with Crippen molar-refractivity contribution in [3.8, 4) is 0 Å². The maximum Gasteiger partial charge on any atom is 0.263 e. The summed E-state index contributed by atoms with van der Waals surface area (Å²) < 4.78 is 2.45. The second-order valence-corrected chi connectivity index (χ2v) is 7.41. The molecule has 2 heterocycles. The van der Waals surface area contributed by atoms with Crippen LogP contribution in [0.1, 0.15) is 56.9 Å². The zero-order valence-corrected chi connectivity index (χ0v) is 14.5. The minimum Gasteiger partial charge on any atom is -0.323 e. The fraction of sp³-hybridized carbons (Fsp3) is 0.625. The van der Waals surface area contributed by atoms with Gasteiger partial charge in [-0.25, -0.2) is 0 Å². The van der Waals surface area contributed by atoms with E-state index in [0.717, 1.165) is 42.3 Å². The molecule has 5 heteroatoms. The molecule has 0 fully saturated rings. The van der Waals surface area contributed by atoms with Gasteiger partial charge in [-0.2, -0.15) is 0 Å². The van der Waals surface area contributed by atoms with E-state index in [1.807, 2.05) is 4.57 Å². The molecule has 1 aliphatic carbocycles. The van der Waals surface area contributed by atoms with Crippen molar-refractivity contribution in [3.05, 3.63) is 25.6 Å². The summed E-state index contributed by atoms with van der Waals surface area (Å²) in [7, 11) is 0. The Morgan fingerprint density at radius 3 is 2.52 bits per heavy atom. The van der Waals surface area contributed by atoms with Crippen molar-refractivity contribution in [2.24, 2.45) is 0 Å². The van der Waals surface area contributed by atoms with Crippen LogP contribution in [-0.2, 0) is 18.4 Å². The summed E-state index contributed by atoms with van der Waals surface area (Å²) in [5.74, 6) is 0. The highest BCUT2D eigenvalue weighted by Crippen LogP contribution is 2.36. The Bertz CT molecular complexity index is 785. The third-order valence-corrected chi connectivity index (χ3v) is 6.70. The Morgan fingerprint density at radius 2 is 1.90 bits per heavy atom. The quantitative estimate of drug-likeness (QED) is 0.840. The lowest BCUT2D eigenvalue weighted by molar-refractivity contribution is 0.238. The van der Waals surface area contributed by atoms with Crippen molar-refractivity contribution < 1.29 is 0 Å². The Kier molecular flexibility index (Phi) is 3.82. The van der Waals surface area contributed by atoms with Crippen LogP contribution >= 0.6 is 23.6 Å². The summed E-state index contributed by atoms with van der Waals surface area (Å²) in [5, 5.41) is 0.904. The number of fused-ring (bicyclic) bond motifs is 3. The van der Waals surface area contributed by atoms with Gasteiger partial charge in [0, 0.05) is 10.4 Å². The van der Waals surface area contributed by atoms with E-state index in [-0.39, 0.29) is 11.1 Å². The summed E-state index contributed by atoms with van der Waals surface area (Å²) in [6, 6.07) is 0. The molecule has 0 saturated heterocycles.